The number of furan rings is 2. The second-order valence-corrected chi connectivity index (χ2v) is 10.9. The first-order chi connectivity index (χ1) is 20.8. The molecule has 0 N–H and O–H groups in total. The van der Waals surface area contributed by atoms with E-state index >= 15 is 0 Å². The number of benzene rings is 7. The fourth-order valence-electron chi connectivity index (χ4n) is 6.69. The van der Waals surface area contributed by atoms with Crippen molar-refractivity contribution in [2.75, 3.05) is 0 Å². The Hall–Kier alpha value is -5.60. The van der Waals surface area contributed by atoms with Gasteiger partial charge < -0.3 is 8.83 Å². The van der Waals surface area contributed by atoms with Gasteiger partial charge in [-0.2, -0.15) is 0 Å². The van der Waals surface area contributed by atoms with Gasteiger partial charge in [0.05, 0.1) is 6.26 Å². The van der Waals surface area contributed by atoms with Crippen molar-refractivity contribution in [2.45, 2.75) is 0 Å². The van der Waals surface area contributed by atoms with Crippen LogP contribution in [0.15, 0.2) is 155 Å². The SMILES string of the molecule is c1ccc(-c2c3ccccc3c(-c3ccc(-c4cccc5oc6cc7ccoc7cc6c45)cc3)c3ccccc23)cc1. The molecule has 0 aliphatic heterocycles. The van der Waals surface area contributed by atoms with Crippen LogP contribution in [0.4, 0.5) is 0 Å². The van der Waals surface area contributed by atoms with Crippen LogP contribution >= 0.6 is 0 Å². The maximum absolute atomic E-state index is 6.29. The minimum Gasteiger partial charge on any atom is -0.464 e. The summed E-state index contributed by atoms with van der Waals surface area (Å²) in [5.74, 6) is 0. The van der Waals surface area contributed by atoms with Crippen molar-refractivity contribution in [3.63, 3.8) is 0 Å². The molecule has 2 heterocycles. The van der Waals surface area contributed by atoms with Gasteiger partial charge in [-0.05, 0) is 79.2 Å². The molecule has 2 aromatic heterocycles. The van der Waals surface area contributed by atoms with Crippen molar-refractivity contribution >= 4 is 54.5 Å². The molecule has 0 saturated heterocycles. The predicted molar refractivity (Wildman–Crippen MR) is 175 cm³/mol. The summed E-state index contributed by atoms with van der Waals surface area (Å²) in [7, 11) is 0. The molecule has 9 aromatic rings. The van der Waals surface area contributed by atoms with Gasteiger partial charge in [-0.25, -0.2) is 0 Å². The zero-order valence-corrected chi connectivity index (χ0v) is 22.7. The summed E-state index contributed by atoms with van der Waals surface area (Å²) in [6.45, 7) is 0. The van der Waals surface area contributed by atoms with Crippen molar-refractivity contribution in [2.24, 2.45) is 0 Å². The number of hydrogen-bond donors (Lipinski definition) is 0. The van der Waals surface area contributed by atoms with Gasteiger partial charge in [-0.15, -0.1) is 0 Å². The molecule has 0 unspecified atom stereocenters. The maximum atomic E-state index is 6.29. The highest BCUT2D eigenvalue weighted by Gasteiger charge is 2.18. The van der Waals surface area contributed by atoms with E-state index in [2.05, 4.69) is 127 Å². The molecule has 0 saturated carbocycles. The van der Waals surface area contributed by atoms with Crippen LogP contribution in [0.2, 0.25) is 0 Å². The minimum atomic E-state index is 0.869. The minimum absolute atomic E-state index is 0.869. The van der Waals surface area contributed by atoms with Crippen molar-refractivity contribution in [3.05, 3.63) is 146 Å². The Kier molecular flexibility index (Phi) is 4.93. The molecule has 42 heavy (non-hydrogen) atoms. The Balaban J connectivity index is 1.26. The van der Waals surface area contributed by atoms with Gasteiger partial charge in [0.1, 0.15) is 16.7 Å². The molecule has 0 bridgehead atoms. The van der Waals surface area contributed by atoms with Gasteiger partial charge in [0.25, 0.3) is 0 Å². The van der Waals surface area contributed by atoms with Gasteiger partial charge in [0.15, 0.2) is 0 Å². The quantitative estimate of drug-likeness (QED) is 0.210. The first-order valence-electron chi connectivity index (χ1n) is 14.3. The lowest BCUT2D eigenvalue weighted by molar-refractivity contribution is 0.616. The fraction of sp³-hybridized carbons (Fsp3) is 0. The van der Waals surface area contributed by atoms with E-state index in [0.717, 1.165) is 44.0 Å². The number of hydrogen-bond acceptors (Lipinski definition) is 2. The third-order valence-electron chi connectivity index (χ3n) is 8.55. The topological polar surface area (TPSA) is 26.3 Å². The van der Waals surface area contributed by atoms with Gasteiger partial charge in [0, 0.05) is 16.2 Å². The molecule has 0 amide bonds. The Bertz CT molecular complexity index is 2380. The summed E-state index contributed by atoms with van der Waals surface area (Å²) in [6.07, 6.45) is 1.73. The molecule has 0 aliphatic carbocycles. The van der Waals surface area contributed by atoms with Crippen LogP contribution in [-0.4, -0.2) is 0 Å². The Morgan fingerprint density at radius 2 is 0.976 bits per heavy atom. The predicted octanol–water partition coefficient (Wildman–Crippen LogP) is 11.6. The van der Waals surface area contributed by atoms with Crippen LogP contribution in [0.5, 0.6) is 0 Å². The molecule has 9 rings (SSSR count). The lowest BCUT2D eigenvalue weighted by Crippen LogP contribution is -1.90. The summed E-state index contributed by atoms with van der Waals surface area (Å²) in [5.41, 5.74) is 9.91. The van der Waals surface area contributed by atoms with Crippen LogP contribution in [0, 0.1) is 0 Å². The Labute approximate surface area is 242 Å². The molecule has 2 nitrogen and oxygen atoms in total. The summed E-state index contributed by atoms with van der Waals surface area (Å²) in [6, 6.07) is 49.7. The van der Waals surface area contributed by atoms with Gasteiger partial charge in [0.2, 0.25) is 0 Å². The first-order valence-corrected chi connectivity index (χ1v) is 14.3. The van der Waals surface area contributed by atoms with Crippen molar-refractivity contribution < 1.29 is 8.83 Å². The lowest BCUT2D eigenvalue weighted by Gasteiger charge is -2.18. The summed E-state index contributed by atoms with van der Waals surface area (Å²) in [4.78, 5) is 0. The second kappa shape index (κ2) is 8.95. The molecular formula is C40H24O2. The van der Waals surface area contributed by atoms with E-state index in [1.807, 2.05) is 12.1 Å². The molecule has 0 atom stereocenters. The van der Waals surface area contributed by atoms with E-state index in [-0.39, 0.29) is 0 Å². The van der Waals surface area contributed by atoms with E-state index in [1.54, 1.807) is 6.26 Å². The zero-order valence-electron chi connectivity index (χ0n) is 22.7. The third kappa shape index (κ3) is 3.39. The van der Waals surface area contributed by atoms with E-state index in [9.17, 15) is 0 Å². The van der Waals surface area contributed by atoms with Crippen molar-refractivity contribution in [1.82, 2.24) is 0 Å². The van der Waals surface area contributed by atoms with Gasteiger partial charge >= 0.3 is 0 Å². The molecule has 0 fully saturated rings. The summed E-state index contributed by atoms with van der Waals surface area (Å²) in [5, 5.41) is 8.27. The number of fused-ring (bicyclic) bond motifs is 6. The van der Waals surface area contributed by atoms with Crippen molar-refractivity contribution in [3.8, 4) is 33.4 Å². The van der Waals surface area contributed by atoms with E-state index in [0.29, 0.717) is 0 Å². The smallest absolute Gasteiger partial charge is 0.136 e. The van der Waals surface area contributed by atoms with Gasteiger partial charge in [-0.3, -0.25) is 0 Å². The van der Waals surface area contributed by atoms with Crippen LogP contribution in [0.25, 0.3) is 87.8 Å². The molecule has 2 heteroatoms. The summed E-state index contributed by atoms with van der Waals surface area (Å²) >= 11 is 0. The average molecular weight is 537 g/mol. The van der Waals surface area contributed by atoms with Gasteiger partial charge in [-0.1, -0.05) is 115 Å². The maximum Gasteiger partial charge on any atom is 0.136 e. The van der Waals surface area contributed by atoms with Crippen LogP contribution in [0.1, 0.15) is 0 Å². The summed E-state index contributed by atoms with van der Waals surface area (Å²) < 4.78 is 12.0. The highest BCUT2D eigenvalue weighted by atomic mass is 16.3. The molecule has 7 aromatic carbocycles. The largest absolute Gasteiger partial charge is 0.464 e. The lowest BCUT2D eigenvalue weighted by atomic mass is 9.85. The monoisotopic (exact) mass is 536 g/mol. The molecule has 0 aliphatic rings. The van der Waals surface area contributed by atoms with Crippen LogP contribution in [0.3, 0.4) is 0 Å². The fourth-order valence-corrected chi connectivity index (χ4v) is 6.69. The van der Waals surface area contributed by atoms with Crippen LogP contribution in [-0.2, 0) is 0 Å². The van der Waals surface area contributed by atoms with Crippen LogP contribution < -0.4 is 0 Å². The average Bonchev–Trinajstić information content (AvgIpc) is 3.66. The van der Waals surface area contributed by atoms with Crippen molar-refractivity contribution in [1.29, 1.82) is 0 Å². The molecule has 0 spiro atoms. The normalized spacial score (nSPS) is 11.8. The molecular weight excluding hydrogens is 512 g/mol. The van der Waals surface area contributed by atoms with E-state index < -0.39 is 0 Å². The third-order valence-corrected chi connectivity index (χ3v) is 8.55. The Morgan fingerprint density at radius 1 is 0.381 bits per heavy atom. The highest BCUT2D eigenvalue weighted by molar-refractivity contribution is 6.21. The Morgan fingerprint density at radius 3 is 1.64 bits per heavy atom. The zero-order chi connectivity index (χ0) is 27.6. The standard InChI is InChI=1S/C40H24O2/c1-2-9-26(10-3-1)38-30-11-4-6-13-32(30)39(33-14-7-5-12-31(33)38)27-19-17-25(18-20-27)29-15-8-16-35-40(29)34-24-36-28(21-22-41-36)23-37(34)42-35/h1-24H. The first kappa shape index (κ1) is 23.1. The highest BCUT2D eigenvalue weighted by Crippen LogP contribution is 2.44. The second-order valence-electron chi connectivity index (χ2n) is 10.9. The molecule has 0 radical (unpaired) electrons. The number of rotatable bonds is 3. The van der Waals surface area contributed by atoms with E-state index in [1.165, 1.54) is 43.8 Å². The van der Waals surface area contributed by atoms with E-state index in [4.69, 9.17) is 8.83 Å². The molecule has 196 valence electrons.